The second-order valence-electron chi connectivity index (χ2n) is 6.36. The van der Waals surface area contributed by atoms with Gasteiger partial charge in [0.15, 0.2) is 6.04 Å². The van der Waals surface area contributed by atoms with Crippen molar-refractivity contribution in [1.29, 1.82) is 0 Å². The zero-order valence-corrected chi connectivity index (χ0v) is 13.9. The molecule has 2 heterocycles. The monoisotopic (exact) mass is 331 g/mol. The molecular formula is C18H23N2O4+. The van der Waals surface area contributed by atoms with Gasteiger partial charge in [-0.2, -0.15) is 0 Å². The van der Waals surface area contributed by atoms with Gasteiger partial charge in [-0.05, 0) is 31.9 Å². The van der Waals surface area contributed by atoms with Crippen molar-refractivity contribution in [3.05, 3.63) is 30.3 Å². The molecule has 3 unspecified atom stereocenters. The van der Waals surface area contributed by atoms with Crippen LogP contribution >= 0.6 is 0 Å². The summed E-state index contributed by atoms with van der Waals surface area (Å²) in [6.45, 7) is 3.53. The first-order valence-corrected chi connectivity index (χ1v) is 8.55. The minimum absolute atomic E-state index is 0.161. The van der Waals surface area contributed by atoms with E-state index in [0.29, 0.717) is 18.8 Å². The molecule has 3 atom stereocenters. The summed E-state index contributed by atoms with van der Waals surface area (Å²) in [6.07, 6.45) is 1.86. The zero-order chi connectivity index (χ0) is 17.1. The maximum absolute atomic E-state index is 12.8. The van der Waals surface area contributed by atoms with Gasteiger partial charge in [-0.15, -0.1) is 0 Å². The average molecular weight is 331 g/mol. The van der Waals surface area contributed by atoms with Crippen molar-refractivity contribution >= 4 is 23.5 Å². The highest BCUT2D eigenvalue weighted by Gasteiger charge is 2.47. The normalized spacial score (nSPS) is 27.4. The molecule has 0 radical (unpaired) electrons. The highest BCUT2D eigenvalue weighted by atomic mass is 16.5. The predicted octanol–water partition coefficient (Wildman–Crippen LogP) is 0.177. The molecule has 6 nitrogen and oxygen atoms in total. The Morgan fingerprint density at radius 1 is 1.29 bits per heavy atom. The van der Waals surface area contributed by atoms with Crippen LogP contribution < -0.4 is 9.80 Å². The summed E-state index contributed by atoms with van der Waals surface area (Å²) < 4.78 is 5.12. The second-order valence-corrected chi connectivity index (χ2v) is 6.36. The van der Waals surface area contributed by atoms with Gasteiger partial charge in [0.1, 0.15) is 5.92 Å². The SMILES string of the molecule is CCOC(=O)C1CCC[NH+](C2CC(=O)N(c3ccccc3)C2=O)C1. The van der Waals surface area contributed by atoms with Crippen LogP contribution in [0, 0.1) is 5.92 Å². The maximum Gasteiger partial charge on any atom is 0.314 e. The Morgan fingerprint density at radius 2 is 2.04 bits per heavy atom. The molecule has 1 aromatic rings. The highest BCUT2D eigenvalue weighted by molar-refractivity contribution is 6.21. The minimum atomic E-state index is -0.394. The Morgan fingerprint density at radius 3 is 2.75 bits per heavy atom. The fourth-order valence-corrected chi connectivity index (χ4v) is 3.67. The molecule has 6 heteroatoms. The van der Waals surface area contributed by atoms with Crippen molar-refractivity contribution in [2.75, 3.05) is 24.6 Å². The topological polar surface area (TPSA) is 68.1 Å². The average Bonchev–Trinajstić information content (AvgIpc) is 2.90. The smallest absolute Gasteiger partial charge is 0.314 e. The molecule has 0 saturated carbocycles. The van der Waals surface area contributed by atoms with Crippen molar-refractivity contribution in [3.63, 3.8) is 0 Å². The van der Waals surface area contributed by atoms with Crippen molar-refractivity contribution in [3.8, 4) is 0 Å². The van der Waals surface area contributed by atoms with Crippen LogP contribution in [0.5, 0.6) is 0 Å². The number of imide groups is 1. The van der Waals surface area contributed by atoms with E-state index in [9.17, 15) is 14.4 Å². The van der Waals surface area contributed by atoms with Crippen LogP contribution in [0.25, 0.3) is 0 Å². The molecule has 24 heavy (non-hydrogen) atoms. The predicted molar refractivity (Wildman–Crippen MR) is 87.4 cm³/mol. The van der Waals surface area contributed by atoms with Gasteiger partial charge in [0.25, 0.3) is 5.91 Å². The van der Waals surface area contributed by atoms with Gasteiger partial charge in [-0.25, -0.2) is 4.90 Å². The number of carbonyl (C=O) groups excluding carboxylic acids is 3. The van der Waals surface area contributed by atoms with E-state index in [1.54, 1.807) is 19.1 Å². The third kappa shape index (κ3) is 3.19. The standard InChI is InChI=1S/C18H22N2O4/c1-2-24-18(23)13-7-6-10-19(12-13)15-11-16(21)20(17(15)22)14-8-4-3-5-9-14/h3-5,8-9,13,15H,2,6-7,10-12H2,1H3/p+1. The Hall–Kier alpha value is -2.21. The van der Waals surface area contributed by atoms with E-state index in [-0.39, 0.29) is 30.1 Å². The van der Waals surface area contributed by atoms with Gasteiger partial charge in [-0.1, -0.05) is 18.2 Å². The van der Waals surface area contributed by atoms with E-state index in [0.717, 1.165) is 24.3 Å². The zero-order valence-electron chi connectivity index (χ0n) is 13.9. The lowest BCUT2D eigenvalue weighted by atomic mass is 9.96. The minimum Gasteiger partial charge on any atom is -0.466 e. The summed E-state index contributed by atoms with van der Waals surface area (Å²) in [5.41, 5.74) is 0.619. The summed E-state index contributed by atoms with van der Waals surface area (Å²) >= 11 is 0. The van der Waals surface area contributed by atoms with Gasteiger partial charge < -0.3 is 9.64 Å². The van der Waals surface area contributed by atoms with Gasteiger partial charge in [0.05, 0.1) is 31.8 Å². The second kappa shape index (κ2) is 7.13. The number of hydrogen-bond donors (Lipinski definition) is 1. The van der Waals surface area contributed by atoms with Crippen molar-refractivity contribution < 1.29 is 24.0 Å². The van der Waals surface area contributed by atoms with Gasteiger partial charge in [0.2, 0.25) is 5.91 Å². The van der Waals surface area contributed by atoms with Crippen molar-refractivity contribution in [1.82, 2.24) is 0 Å². The first-order valence-electron chi connectivity index (χ1n) is 8.55. The van der Waals surface area contributed by atoms with Crippen LogP contribution in [0.2, 0.25) is 0 Å². The lowest BCUT2D eigenvalue weighted by Gasteiger charge is -2.31. The van der Waals surface area contributed by atoms with Gasteiger partial charge in [-0.3, -0.25) is 14.4 Å². The number of rotatable bonds is 4. The first kappa shape index (κ1) is 16.6. The molecular weight excluding hydrogens is 308 g/mol. The molecule has 0 bridgehead atoms. The van der Waals surface area contributed by atoms with Crippen LogP contribution in [0.15, 0.2) is 30.3 Å². The number of hydrogen-bond acceptors (Lipinski definition) is 4. The molecule has 2 saturated heterocycles. The third-order valence-electron chi connectivity index (χ3n) is 4.83. The number of anilines is 1. The highest BCUT2D eigenvalue weighted by Crippen LogP contribution is 2.22. The van der Waals surface area contributed by atoms with Crippen LogP contribution in [0.4, 0.5) is 5.69 Å². The number of piperidine rings is 1. The fraction of sp³-hybridized carbons (Fsp3) is 0.500. The molecule has 2 aliphatic heterocycles. The van der Waals surface area contributed by atoms with Crippen LogP contribution in [0.3, 0.4) is 0 Å². The van der Waals surface area contributed by atoms with Crippen LogP contribution in [-0.4, -0.2) is 43.5 Å². The lowest BCUT2D eigenvalue weighted by molar-refractivity contribution is -0.922. The molecule has 1 aromatic carbocycles. The van der Waals surface area contributed by atoms with Crippen molar-refractivity contribution in [2.45, 2.75) is 32.2 Å². The van der Waals surface area contributed by atoms with Crippen LogP contribution in [-0.2, 0) is 19.1 Å². The molecule has 2 aliphatic rings. The Labute approximate surface area is 141 Å². The number of ether oxygens (including phenoxy) is 1. The van der Waals surface area contributed by atoms with E-state index < -0.39 is 6.04 Å². The van der Waals surface area contributed by atoms with Crippen LogP contribution in [0.1, 0.15) is 26.2 Å². The molecule has 1 N–H and O–H groups in total. The van der Waals surface area contributed by atoms with Gasteiger partial charge in [0, 0.05) is 0 Å². The summed E-state index contributed by atoms with van der Waals surface area (Å²) in [5.74, 6) is -0.693. The van der Waals surface area contributed by atoms with E-state index in [4.69, 9.17) is 4.74 Å². The van der Waals surface area contributed by atoms with Crippen molar-refractivity contribution in [2.24, 2.45) is 5.92 Å². The molecule has 3 rings (SSSR count). The number of benzene rings is 1. The molecule has 0 aromatic heterocycles. The summed E-state index contributed by atoms with van der Waals surface area (Å²) in [7, 11) is 0. The molecule has 2 fully saturated rings. The van der Waals surface area contributed by atoms with E-state index in [1.165, 1.54) is 4.90 Å². The molecule has 0 spiro atoms. The number of para-hydroxylation sites is 1. The summed E-state index contributed by atoms with van der Waals surface area (Å²) in [4.78, 5) is 39.4. The van der Waals surface area contributed by atoms with E-state index >= 15 is 0 Å². The molecule has 0 aliphatic carbocycles. The Balaban J connectivity index is 1.72. The lowest BCUT2D eigenvalue weighted by Crippen LogP contribution is -3.18. The largest absolute Gasteiger partial charge is 0.466 e. The fourth-order valence-electron chi connectivity index (χ4n) is 3.67. The van der Waals surface area contributed by atoms with E-state index in [2.05, 4.69) is 0 Å². The first-order chi connectivity index (χ1) is 11.6. The Bertz CT molecular complexity index is 631. The number of amides is 2. The number of quaternary nitrogens is 1. The maximum atomic E-state index is 12.8. The summed E-state index contributed by atoms with van der Waals surface area (Å²) in [5, 5.41) is 0. The van der Waals surface area contributed by atoms with Gasteiger partial charge >= 0.3 is 5.97 Å². The molecule has 128 valence electrons. The molecule has 2 amide bonds. The third-order valence-corrected chi connectivity index (χ3v) is 4.83. The number of likely N-dealkylation sites (tertiary alicyclic amines) is 1. The number of carbonyl (C=O) groups is 3. The number of nitrogens with zero attached hydrogens (tertiary/aromatic N) is 1. The van der Waals surface area contributed by atoms with E-state index in [1.807, 2.05) is 18.2 Å². The quantitative estimate of drug-likeness (QED) is 0.631. The summed E-state index contributed by atoms with van der Waals surface area (Å²) in [6, 6.07) is 8.62. The number of nitrogens with one attached hydrogen (secondary N) is 1. The Kier molecular flexibility index (Phi) is 4.94. The number of esters is 1.